The monoisotopic (exact) mass is 248 g/mol. The summed E-state index contributed by atoms with van der Waals surface area (Å²) in [6.07, 6.45) is 4.91. The third kappa shape index (κ3) is 2.33. The van der Waals surface area contributed by atoms with E-state index in [1.165, 1.54) is 43.9 Å². The van der Waals surface area contributed by atoms with Crippen molar-refractivity contribution in [2.24, 2.45) is 17.6 Å². The van der Waals surface area contributed by atoms with E-state index in [0.29, 0.717) is 29.1 Å². The number of hydrogen-bond acceptors (Lipinski definition) is 2. The Morgan fingerprint density at radius 2 is 1.89 bits per heavy atom. The molecule has 0 unspecified atom stereocenters. The Hall–Kier alpha value is -1.58. The van der Waals surface area contributed by atoms with Crippen molar-refractivity contribution in [2.45, 2.75) is 31.7 Å². The second-order valence-electron chi connectivity index (χ2n) is 5.40. The first-order chi connectivity index (χ1) is 8.65. The molecule has 1 aromatic carbocycles. The lowest BCUT2D eigenvalue weighted by atomic mass is 10.1. The summed E-state index contributed by atoms with van der Waals surface area (Å²) < 4.78 is 13.7. The Morgan fingerprint density at radius 1 is 1.28 bits per heavy atom. The van der Waals surface area contributed by atoms with Gasteiger partial charge in [0.25, 0.3) is 0 Å². The summed E-state index contributed by atoms with van der Waals surface area (Å²) in [7, 11) is 0. The standard InChI is InChI=1S/C14H17FN2O/c15-11-6-5-10(14(16)18)7-12(11)17-13(8-1-2-8)9-3-4-9/h5-9,13,17H,1-4H2,(H2,16,18). The minimum atomic E-state index is -0.521. The lowest BCUT2D eigenvalue weighted by Gasteiger charge is -2.19. The van der Waals surface area contributed by atoms with Crippen LogP contribution in [0.1, 0.15) is 36.0 Å². The molecule has 1 aromatic rings. The van der Waals surface area contributed by atoms with Crippen LogP contribution in [0.25, 0.3) is 0 Å². The van der Waals surface area contributed by atoms with Gasteiger partial charge in [0.05, 0.1) is 5.69 Å². The van der Waals surface area contributed by atoms with Crippen LogP contribution >= 0.6 is 0 Å². The van der Waals surface area contributed by atoms with E-state index >= 15 is 0 Å². The highest BCUT2D eigenvalue weighted by Gasteiger charge is 2.41. The molecule has 0 spiro atoms. The van der Waals surface area contributed by atoms with Gasteiger partial charge < -0.3 is 11.1 Å². The minimum Gasteiger partial charge on any atom is -0.379 e. The average Bonchev–Trinajstić information content (AvgIpc) is 3.20. The third-order valence-corrected chi connectivity index (χ3v) is 3.83. The second-order valence-corrected chi connectivity index (χ2v) is 5.40. The van der Waals surface area contributed by atoms with Gasteiger partial charge in [0, 0.05) is 11.6 Å². The first kappa shape index (κ1) is 11.5. The summed E-state index contributed by atoms with van der Waals surface area (Å²) in [6.45, 7) is 0. The molecule has 2 fully saturated rings. The number of carbonyl (C=O) groups is 1. The lowest BCUT2D eigenvalue weighted by molar-refractivity contribution is 0.100. The quantitative estimate of drug-likeness (QED) is 0.841. The lowest BCUT2D eigenvalue weighted by Crippen LogP contribution is -2.25. The van der Waals surface area contributed by atoms with Gasteiger partial charge in [0.2, 0.25) is 5.91 Å². The zero-order valence-electron chi connectivity index (χ0n) is 10.2. The Labute approximate surface area is 106 Å². The number of halogens is 1. The van der Waals surface area contributed by atoms with Gasteiger partial charge in [0.1, 0.15) is 5.82 Å². The van der Waals surface area contributed by atoms with Crippen LogP contribution in [0.3, 0.4) is 0 Å². The van der Waals surface area contributed by atoms with Crippen molar-refractivity contribution in [1.82, 2.24) is 0 Å². The maximum Gasteiger partial charge on any atom is 0.248 e. The Kier molecular flexibility index (Phi) is 2.73. The van der Waals surface area contributed by atoms with Crippen molar-refractivity contribution in [2.75, 3.05) is 5.32 Å². The fourth-order valence-electron chi connectivity index (χ4n) is 2.50. The zero-order valence-corrected chi connectivity index (χ0v) is 10.2. The van der Waals surface area contributed by atoms with Crippen molar-refractivity contribution in [3.05, 3.63) is 29.6 Å². The molecule has 0 bridgehead atoms. The fraction of sp³-hybridized carbons (Fsp3) is 0.500. The van der Waals surface area contributed by atoms with Crippen LogP contribution < -0.4 is 11.1 Å². The summed E-state index contributed by atoms with van der Waals surface area (Å²) in [5.74, 6) is 0.516. The summed E-state index contributed by atoms with van der Waals surface area (Å²) in [6, 6.07) is 4.61. The predicted molar refractivity (Wildman–Crippen MR) is 67.8 cm³/mol. The summed E-state index contributed by atoms with van der Waals surface area (Å²) in [5, 5.41) is 3.28. The normalized spacial score (nSPS) is 19.0. The van der Waals surface area contributed by atoms with Gasteiger partial charge in [-0.1, -0.05) is 0 Å². The molecule has 96 valence electrons. The highest BCUT2D eigenvalue weighted by Crippen LogP contribution is 2.46. The highest BCUT2D eigenvalue weighted by molar-refractivity contribution is 5.93. The summed E-state index contributed by atoms with van der Waals surface area (Å²) >= 11 is 0. The van der Waals surface area contributed by atoms with Crippen LogP contribution in [0, 0.1) is 17.7 Å². The molecule has 0 radical (unpaired) electrons. The molecule has 0 atom stereocenters. The number of nitrogens with one attached hydrogen (secondary N) is 1. The summed E-state index contributed by atoms with van der Waals surface area (Å²) in [5.41, 5.74) is 5.98. The van der Waals surface area contributed by atoms with Gasteiger partial charge in [-0.2, -0.15) is 0 Å². The van der Waals surface area contributed by atoms with Crippen LogP contribution in [0.2, 0.25) is 0 Å². The van der Waals surface area contributed by atoms with Gasteiger partial charge in [-0.15, -0.1) is 0 Å². The molecule has 2 saturated carbocycles. The molecule has 1 amide bonds. The molecule has 18 heavy (non-hydrogen) atoms. The largest absolute Gasteiger partial charge is 0.379 e. The minimum absolute atomic E-state index is 0.314. The molecule has 0 saturated heterocycles. The van der Waals surface area contributed by atoms with Crippen LogP contribution in [0.4, 0.5) is 10.1 Å². The molecule has 3 nitrogen and oxygen atoms in total. The Balaban J connectivity index is 1.81. The van der Waals surface area contributed by atoms with Gasteiger partial charge in [-0.25, -0.2) is 4.39 Å². The second kappa shape index (κ2) is 4.26. The average molecular weight is 248 g/mol. The number of amides is 1. The maximum absolute atomic E-state index is 13.7. The van der Waals surface area contributed by atoms with Gasteiger partial charge in [-0.05, 0) is 55.7 Å². The van der Waals surface area contributed by atoms with E-state index in [4.69, 9.17) is 5.73 Å². The van der Waals surface area contributed by atoms with Crippen molar-refractivity contribution < 1.29 is 9.18 Å². The number of benzene rings is 1. The molecular formula is C14H17FN2O. The Morgan fingerprint density at radius 3 is 2.39 bits per heavy atom. The van der Waals surface area contributed by atoms with Crippen molar-refractivity contribution in [3.8, 4) is 0 Å². The SMILES string of the molecule is NC(=O)c1ccc(F)c(NC(C2CC2)C2CC2)c1. The van der Waals surface area contributed by atoms with E-state index in [1.54, 1.807) is 0 Å². The molecular weight excluding hydrogens is 231 g/mol. The van der Waals surface area contributed by atoms with Crippen molar-refractivity contribution in [1.29, 1.82) is 0 Å². The Bertz CT molecular complexity index is 469. The van der Waals surface area contributed by atoms with E-state index in [-0.39, 0.29) is 5.82 Å². The van der Waals surface area contributed by atoms with Gasteiger partial charge in [0.15, 0.2) is 0 Å². The highest BCUT2D eigenvalue weighted by atomic mass is 19.1. The van der Waals surface area contributed by atoms with E-state index in [9.17, 15) is 9.18 Å². The fourth-order valence-corrected chi connectivity index (χ4v) is 2.50. The molecule has 3 rings (SSSR count). The van der Waals surface area contributed by atoms with E-state index < -0.39 is 5.91 Å². The van der Waals surface area contributed by atoms with Crippen LogP contribution in [0.5, 0.6) is 0 Å². The van der Waals surface area contributed by atoms with Gasteiger partial charge >= 0.3 is 0 Å². The van der Waals surface area contributed by atoms with Crippen LogP contribution in [-0.4, -0.2) is 11.9 Å². The van der Waals surface area contributed by atoms with E-state index in [1.807, 2.05) is 0 Å². The molecule has 0 aliphatic heterocycles. The number of anilines is 1. The van der Waals surface area contributed by atoms with Crippen molar-refractivity contribution in [3.63, 3.8) is 0 Å². The smallest absolute Gasteiger partial charge is 0.248 e. The molecule has 2 aliphatic rings. The number of carbonyl (C=O) groups excluding carboxylic acids is 1. The first-order valence-electron chi connectivity index (χ1n) is 6.51. The molecule has 3 N–H and O–H groups in total. The predicted octanol–water partition coefficient (Wildman–Crippen LogP) is 2.53. The number of rotatable bonds is 5. The van der Waals surface area contributed by atoms with Gasteiger partial charge in [-0.3, -0.25) is 4.79 Å². The zero-order chi connectivity index (χ0) is 12.7. The molecule has 0 aromatic heterocycles. The molecule has 0 heterocycles. The van der Waals surface area contributed by atoms with Crippen LogP contribution in [0.15, 0.2) is 18.2 Å². The first-order valence-corrected chi connectivity index (χ1v) is 6.51. The maximum atomic E-state index is 13.7. The number of primary amides is 1. The third-order valence-electron chi connectivity index (χ3n) is 3.83. The van der Waals surface area contributed by atoms with Crippen LogP contribution in [-0.2, 0) is 0 Å². The van der Waals surface area contributed by atoms with E-state index in [2.05, 4.69) is 5.32 Å². The molecule has 2 aliphatic carbocycles. The summed E-state index contributed by atoms with van der Waals surface area (Å²) in [4.78, 5) is 11.1. The number of hydrogen-bond donors (Lipinski definition) is 2. The molecule has 4 heteroatoms. The number of nitrogens with two attached hydrogens (primary N) is 1. The van der Waals surface area contributed by atoms with E-state index in [0.717, 1.165) is 0 Å². The topological polar surface area (TPSA) is 55.1 Å². The van der Waals surface area contributed by atoms with Crippen molar-refractivity contribution >= 4 is 11.6 Å².